The van der Waals surface area contributed by atoms with Crippen LogP contribution in [0.25, 0.3) is 11.0 Å². The summed E-state index contributed by atoms with van der Waals surface area (Å²) in [6, 6.07) is 11.2. The van der Waals surface area contributed by atoms with E-state index in [-0.39, 0.29) is 22.2 Å². The third-order valence-electron chi connectivity index (χ3n) is 5.07. The van der Waals surface area contributed by atoms with Crippen molar-refractivity contribution < 1.29 is 9.18 Å². The number of benzene rings is 2. The molecule has 4 aromatic rings. The fourth-order valence-corrected chi connectivity index (χ4v) is 3.78. The van der Waals surface area contributed by atoms with E-state index in [0.717, 1.165) is 11.1 Å². The Balaban J connectivity index is 1.61. The molecule has 0 aliphatic carbocycles. The number of anilines is 1. The van der Waals surface area contributed by atoms with E-state index in [1.807, 2.05) is 0 Å². The highest BCUT2D eigenvalue weighted by molar-refractivity contribution is 6.33. The lowest BCUT2D eigenvalue weighted by molar-refractivity contribution is 0.102. The van der Waals surface area contributed by atoms with Crippen molar-refractivity contribution >= 4 is 34.2 Å². The quantitative estimate of drug-likeness (QED) is 0.542. The predicted molar refractivity (Wildman–Crippen MR) is 114 cm³/mol. The average Bonchev–Trinajstić information content (AvgIpc) is 3.11. The first-order chi connectivity index (χ1) is 14.3. The van der Waals surface area contributed by atoms with Gasteiger partial charge >= 0.3 is 5.69 Å². The van der Waals surface area contributed by atoms with Crippen molar-refractivity contribution in [3.05, 3.63) is 80.7 Å². The number of fused-ring (bicyclic) bond motifs is 1. The standard InChI is InChI=1S/C21H19ClFN5O2/c1-12-18(19(22)28(25-12)11-13-4-6-14(23)7-5-13)20(29)24-15-8-9-16-17(10-15)27(3)21(30)26(16)2/h4-10H,11H2,1-3H3,(H,24,29). The maximum atomic E-state index is 13.1. The van der Waals surface area contributed by atoms with Crippen LogP contribution in [-0.2, 0) is 20.6 Å². The Labute approximate surface area is 176 Å². The molecule has 0 radical (unpaired) electrons. The van der Waals surface area contributed by atoms with E-state index in [1.54, 1.807) is 55.9 Å². The van der Waals surface area contributed by atoms with Crippen molar-refractivity contribution in [3.8, 4) is 0 Å². The lowest BCUT2D eigenvalue weighted by atomic mass is 10.2. The second-order valence-electron chi connectivity index (χ2n) is 7.09. The monoisotopic (exact) mass is 427 g/mol. The van der Waals surface area contributed by atoms with Crippen LogP contribution in [0.1, 0.15) is 21.6 Å². The highest BCUT2D eigenvalue weighted by Gasteiger charge is 2.21. The van der Waals surface area contributed by atoms with Crippen LogP contribution >= 0.6 is 11.6 Å². The van der Waals surface area contributed by atoms with Gasteiger partial charge in [0.15, 0.2) is 0 Å². The minimum atomic E-state index is -0.400. The summed E-state index contributed by atoms with van der Waals surface area (Å²) < 4.78 is 17.7. The first-order valence-corrected chi connectivity index (χ1v) is 9.58. The van der Waals surface area contributed by atoms with Crippen LogP contribution in [0.4, 0.5) is 10.1 Å². The predicted octanol–water partition coefficient (Wildman–Crippen LogP) is 3.48. The molecular weight excluding hydrogens is 409 g/mol. The van der Waals surface area contributed by atoms with Crippen LogP contribution < -0.4 is 11.0 Å². The number of nitrogens with one attached hydrogen (secondary N) is 1. The Morgan fingerprint density at radius 3 is 2.47 bits per heavy atom. The highest BCUT2D eigenvalue weighted by atomic mass is 35.5. The van der Waals surface area contributed by atoms with Gasteiger partial charge in [-0.3, -0.25) is 13.9 Å². The number of amides is 1. The van der Waals surface area contributed by atoms with Crippen LogP contribution in [0.2, 0.25) is 5.15 Å². The molecule has 0 fully saturated rings. The number of halogens is 2. The second-order valence-corrected chi connectivity index (χ2v) is 7.45. The van der Waals surface area contributed by atoms with Crippen LogP contribution in [0.3, 0.4) is 0 Å². The smallest absolute Gasteiger partial charge is 0.322 e. The fraction of sp³-hybridized carbons (Fsp3) is 0.190. The van der Waals surface area contributed by atoms with E-state index in [0.29, 0.717) is 23.4 Å². The summed E-state index contributed by atoms with van der Waals surface area (Å²) in [5, 5.41) is 7.37. The van der Waals surface area contributed by atoms with Gasteiger partial charge in [0.05, 0.1) is 28.8 Å². The second kappa shape index (κ2) is 7.46. The van der Waals surface area contributed by atoms with Gasteiger partial charge in [0.25, 0.3) is 5.91 Å². The maximum Gasteiger partial charge on any atom is 0.328 e. The zero-order valence-electron chi connectivity index (χ0n) is 16.6. The number of aryl methyl sites for hydroxylation is 3. The molecular formula is C21H19ClFN5O2. The highest BCUT2D eigenvalue weighted by Crippen LogP contribution is 2.24. The van der Waals surface area contributed by atoms with Crippen molar-refractivity contribution in [3.63, 3.8) is 0 Å². The Bertz CT molecular complexity index is 1330. The lowest BCUT2D eigenvalue weighted by Crippen LogP contribution is -2.19. The summed E-state index contributed by atoms with van der Waals surface area (Å²) in [5.74, 6) is -0.724. The molecule has 4 rings (SSSR count). The summed E-state index contributed by atoms with van der Waals surface area (Å²) in [5.41, 5.74) is 3.42. The van der Waals surface area contributed by atoms with E-state index in [9.17, 15) is 14.0 Å². The van der Waals surface area contributed by atoms with Gasteiger partial charge in [-0.25, -0.2) is 13.9 Å². The summed E-state index contributed by atoms with van der Waals surface area (Å²) in [4.78, 5) is 25.0. The SMILES string of the molecule is Cc1nn(Cc2ccc(F)cc2)c(Cl)c1C(=O)Nc1ccc2c(c1)n(C)c(=O)n2C. The molecule has 1 amide bonds. The number of carbonyl (C=O) groups is 1. The first-order valence-electron chi connectivity index (χ1n) is 9.20. The number of nitrogens with zero attached hydrogens (tertiary/aromatic N) is 4. The minimum Gasteiger partial charge on any atom is -0.322 e. The molecule has 9 heteroatoms. The number of hydrogen-bond acceptors (Lipinski definition) is 3. The first kappa shape index (κ1) is 19.9. The molecule has 0 aliphatic rings. The zero-order chi connectivity index (χ0) is 21.6. The van der Waals surface area contributed by atoms with Gasteiger partial charge in [0.2, 0.25) is 0 Å². The van der Waals surface area contributed by atoms with Gasteiger partial charge < -0.3 is 5.32 Å². The normalized spacial score (nSPS) is 11.2. The molecule has 0 bridgehead atoms. The molecule has 0 unspecified atom stereocenters. The van der Waals surface area contributed by atoms with Crippen molar-refractivity contribution in [2.24, 2.45) is 14.1 Å². The van der Waals surface area contributed by atoms with E-state index >= 15 is 0 Å². The Hall–Kier alpha value is -3.39. The van der Waals surface area contributed by atoms with E-state index < -0.39 is 5.91 Å². The number of hydrogen-bond donors (Lipinski definition) is 1. The third-order valence-corrected chi connectivity index (χ3v) is 5.45. The molecule has 0 aliphatic heterocycles. The molecule has 30 heavy (non-hydrogen) atoms. The molecule has 0 saturated heterocycles. The van der Waals surface area contributed by atoms with Gasteiger partial charge in [-0.15, -0.1) is 0 Å². The summed E-state index contributed by atoms with van der Waals surface area (Å²) in [6.45, 7) is 2.01. The van der Waals surface area contributed by atoms with Gasteiger partial charge in [0, 0.05) is 19.8 Å². The fourth-order valence-electron chi connectivity index (χ4n) is 3.46. The molecule has 2 aromatic heterocycles. The molecule has 1 N–H and O–H groups in total. The van der Waals surface area contributed by atoms with Crippen molar-refractivity contribution in [2.75, 3.05) is 5.32 Å². The largest absolute Gasteiger partial charge is 0.328 e. The Morgan fingerprint density at radius 1 is 1.10 bits per heavy atom. The van der Waals surface area contributed by atoms with Crippen molar-refractivity contribution in [1.29, 1.82) is 0 Å². The number of aromatic nitrogens is 4. The van der Waals surface area contributed by atoms with E-state index in [4.69, 9.17) is 11.6 Å². The number of rotatable bonds is 4. The molecule has 0 spiro atoms. The van der Waals surface area contributed by atoms with Gasteiger partial charge in [0.1, 0.15) is 11.0 Å². The Kier molecular flexibility index (Phi) is 4.95. The summed E-state index contributed by atoms with van der Waals surface area (Å²) >= 11 is 6.43. The van der Waals surface area contributed by atoms with Gasteiger partial charge in [-0.2, -0.15) is 5.10 Å². The average molecular weight is 428 g/mol. The van der Waals surface area contributed by atoms with E-state index in [2.05, 4.69) is 10.4 Å². The molecule has 154 valence electrons. The van der Waals surface area contributed by atoms with Crippen LogP contribution in [0, 0.1) is 12.7 Å². The Morgan fingerprint density at radius 2 is 1.77 bits per heavy atom. The number of imidazole rings is 1. The van der Waals surface area contributed by atoms with Crippen molar-refractivity contribution in [1.82, 2.24) is 18.9 Å². The van der Waals surface area contributed by atoms with Crippen LogP contribution in [-0.4, -0.2) is 24.8 Å². The molecule has 7 nitrogen and oxygen atoms in total. The minimum absolute atomic E-state index is 0.144. The van der Waals surface area contributed by atoms with Gasteiger partial charge in [-0.05, 0) is 42.8 Å². The third kappa shape index (κ3) is 3.39. The van der Waals surface area contributed by atoms with E-state index in [1.165, 1.54) is 21.4 Å². The van der Waals surface area contributed by atoms with Crippen LogP contribution in [0.15, 0.2) is 47.3 Å². The molecule has 2 heterocycles. The maximum absolute atomic E-state index is 13.1. The topological polar surface area (TPSA) is 73.8 Å². The zero-order valence-corrected chi connectivity index (χ0v) is 17.4. The molecule has 2 aromatic carbocycles. The summed E-state index contributed by atoms with van der Waals surface area (Å²) in [6.07, 6.45) is 0. The summed E-state index contributed by atoms with van der Waals surface area (Å²) in [7, 11) is 3.37. The lowest BCUT2D eigenvalue weighted by Gasteiger charge is -2.07. The van der Waals surface area contributed by atoms with Crippen LogP contribution in [0.5, 0.6) is 0 Å². The number of carbonyl (C=O) groups excluding carboxylic acids is 1. The molecule has 0 saturated carbocycles. The molecule has 0 atom stereocenters. The van der Waals surface area contributed by atoms with Gasteiger partial charge in [-0.1, -0.05) is 23.7 Å². The van der Waals surface area contributed by atoms with Crippen molar-refractivity contribution in [2.45, 2.75) is 13.5 Å².